The zero-order valence-corrected chi connectivity index (χ0v) is 12.4. The molecule has 0 saturated carbocycles. The highest BCUT2D eigenvalue weighted by atomic mass is 32.1. The first-order valence-electron chi connectivity index (χ1n) is 6.80. The molecule has 19 heavy (non-hydrogen) atoms. The van der Waals surface area contributed by atoms with Crippen LogP contribution >= 0.6 is 11.3 Å². The third kappa shape index (κ3) is 2.24. The Balaban J connectivity index is 2.00. The number of thiazole rings is 1. The number of hydrogen-bond acceptors (Lipinski definition) is 5. The highest BCUT2D eigenvalue weighted by molar-refractivity contribution is 7.15. The van der Waals surface area contributed by atoms with E-state index in [1.54, 1.807) is 11.3 Å². The molecule has 1 aliphatic rings. The summed E-state index contributed by atoms with van der Waals surface area (Å²) in [5, 5.41) is 2.06. The van der Waals surface area contributed by atoms with Crippen molar-refractivity contribution in [2.75, 3.05) is 31.6 Å². The number of hydrogen-bond donors (Lipinski definition) is 1. The van der Waals surface area contributed by atoms with Crippen LogP contribution in [0.5, 0.6) is 0 Å². The molecule has 104 valence electrons. The maximum atomic E-state index is 5.95. The van der Waals surface area contributed by atoms with Gasteiger partial charge in [0.05, 0.1) is 5.69 Å². The van der Waals surface area contributed by atoms with Crippen molar-refractivity contribution < 1.29 is 0 Å². The molecule has 6 heteroatoms. The number of rotatable bonds is 2. The van der Waals surface area contributed by atoms with Gasteiger partial charge < -0.3 is 15.5 Å². The van der Waals surface area contributed by atoms with E-state index in [1.165, 1.54) is 6.42 Å². The fourth-order valence-electron chi connectivity index (χ4n) is 2.93. The summed E-state index contributed by atoms with van der Waals surface area (Å²) in [5.74, 6) is 1.08. The Hall–Kier alpha value is -1.11. The lowest BCUT2D eigenvalue weighted by atomic mass is 10.2. The SMILES string of the molecule is CC1CN(C)CCCN1c1nc2sccn2c1CN. The molecule has 2 N–H and O–H groups in total. The summed E-state index contributed by atoms with van der Waals surface area (Å²) in [4.78, 5) is 10.7. The maximum Gasteiger partial charge on any atom is 0.195 e. The Kier molecular flexibility index (Phi) is 3.47. The van der Waals surface area contributed by atoms with Gasteiger partial charge in [-0.3, -0.25) is 4.40 Å². The van der Waals surface area contributed by atoms with Crippen molar-refractivity contribution in [3.05, 3.63) is 17.3 Å². The van der Waals surface area contributed by atoms with Gasteiger partial charge in [0.1, 0.15) is 0 Å². The zero-order chi connectivity index (χ0) is 13.4. The Morgan fingerprint density at radius 2 is 2.32 bits per heavy atom. The number of fused-ring (bicyclic) bond motifs is 1. The topological polar surface area (TPSA) is 49.8 Å². The monoisotopic (exact) mass is 279 g/mol. The lowest BCUT2D eigenvalue weighted by Crippen LogP contribution is -2.38. The van der Waals surface area contributed by atoms with Crippen LogP contribution in [0, 0.1) is 0 Å². The van der Waals surface area contributed by atoms with Gasteiger partial charge in [0.15, 0.2) is 10.8 Å². The van der Waals surface area contributed by atoms with Gasteiger partial charge in [0.25, 0.3) is 0 Å². The summed E-state index contributed by atoms with van der Waals surface area (Å²) in [6.07, 6.45) is 3.24. The standard InChI is InChI=1S/C13H21N5S/c1-10-9-16(2)4-3-5-17(10)12-11(8-14)18-6-7-19-13(18)15-12/h6-7,10H,3-5,8-9,14H2,1-2H3. The second kappa shape index (κ2) is 5.11. The van der Waals surface area contributed by atoms with Crippen LogP contribution in [-0.4, -0.2) is 47.0 Å². The molecule has 2 aromatic heterocycles. The molecular weight excluding hydrogens is 258 g/mol. The minimum atomic E-state index is 0.474. The van der Waals surface area contributed by atoms with E-state index in [2.05, 4.69) is 39.7 Å². The number of aromatic nitrogens is 2. The van der Waals surface area contributed by atoms with Crippen LogP contribution in [0.3, 0.4) is 0 Å². The van der Waals surface area contributed by atoms with Crippen molar-refractivity contribution >= 4 is 22.1 Å². The fourth-order valence-corrected chi connectivity index (χ4v) is 3.66. The molecule has 0 aliphatic carbocycles. The van der Waals surface area contributed by atoms with Gasteiger partial charge >= 0.3 is 0 Å². The molecule has 1 fully saturated rings. The van der Waals surface area contributed by atoms with Gasteiger partial charge in [-0.05, 0) is 26.9 Å². The molecule has 0 radical (unpaired) electrons. The predicted molar refractivity (Wildman–Crippen MR) is 79.9 cm³/mol. The number of nitrogens with two attached hydrogens (primary N) is 1. The Morgan fingerprint density at radius 3 is 3.11 bits per heavy atom. The Morgan fingerprint density at radius 1 is 1.47 bits per heavy atom. The van der Waals surface area contributed by atoms with Crippen molar-refractivity contribution in [1.29, 1.82) is 0 Å². The molecule has 1 atom stereocenters. The first kappa shape index (κ1) is 12.9. The zero-order valence-electron chi connectivity index (χ0n) is 11.5. The molecular formula is C13H21N5S. The van der Waals surface area contributed by atoms with Crippen LogP contribution in [0.4, 0.5) is 5.82 Å². The minimum Gasteiger partial charge on any atom is -0.351 e. The van der Waals surface area contributed by atoms with Gasteiger partial charge in [-0.2, -0.15) is 0 Å². The number of anilines is 1. The van der Waals surface area contributed by atoms with E-state index in [4.69, 9.17) is 10.7 Å². The van der Waals surface area contributed by atoms with Crippen molar-refractivity contribution in [3.63, 3.8) is 0 Å². The number of imidazole rings is 1. The third-order valence-corrected chi connectivity index (χ3v) is 4.61. The van der Waals surface area contributed by atoms with Gasteiger partial charge in [0.2, 0.25) is 0 Å². The molecule has 1 unspecified atom stereocenters. The van der Waals surface area contributed by atoms with Crippen molar-refractivity contribution in [2.45, 2.75) is 25.9 Å². The van der Waals surface area contributed by atoms with Crippen molar-refractivity contribution in [1.82, 2.24) is 14.3 Å². The molecule has 3 rings (SSSR count). The van der Waals surface area contributed by atoms with E-state index in [0.717, 1.165) is 36.1 Å². The smallest absolute Gasteiger partial charge is 0.195 e. The van der Waals surface area contributed by atoms with Crippen LogP contribution in [0.2, 0.25) is 0 Å². The maximum absolute atomic E-state index is 5.95. The predicted octanol–water partition coefficient (Wildman–Crippen LogP) is 1.38. The number of nitrogens with zero attached hydrogens (tertiary/aromatic N) is 4. The molecule has 0 aromatic carbocycles. The molecule has 1 saturated heterocycles. The van der Waals surface area contributed by atoms with Gasteiger partial charge in [-0.15, -0.1) is 11.3 Å². The van der Waals surface area contributed by atoms with E-state index in [0.29, 0.717) is 12.6 Å². The van der Waals surface area contributed by atoms with Crippen LogP contribution in [-0.2, 0) is 6.54 Å². The van der Waals surface area contributed by atoms with Crippen LogP contribution in [0.25, 0.3) is 4.96 Å². The summed E-state index contributed by atoms with van der Waals surface area (Å²) >= 11 is 1.67. The largest absolute Gasteiger partial charge is 0.351 e. The minimum absolute atomic E-state index is 0.474. The molecule has 0 bridgehead atoms. The van der Waals surface area contributed by atoms with Crippen LogP contribution < -0.4 is 10.6 Å². The summed E-state index contributed by atoms with van der Waals surface area (Å²) in [7, 11) is 2.19. The highest BCUT2D eigenvalue weighted by Crippen LogP contribution is 2.27. The van der Waals surface area contributed by atoms with E-state index < -0.39 is 0 Å². The third-order valence-electron chi connectivity index (χ3n) is 3.85. The van der Waals surface area contributed by atoms with E-state index in [1.807, 2.05) is 0 Å². The lowest BCUT2D eigenvalue weighted by Gasteiger charge is -2.29. The lowest BCUT2D eigenvalue weighted by molar-refractivity contribution is 0.337. The first-order chi connectivity index (χ1) is 9.20. The molecule has 3 heterocycles. The Bertz CT molecular complexity index is 560. The number of likely N-dealkylation sites (N-methyl/N-ethyl adjacent to an activating group) is 1. The normalized spacial score (nSPS) is 22.1. The average Bonchev–Trinajstić information content (AvgIpc) is 2.89. The highest BCUT2D eigenvalue weighted by Gasteiger charge is 2.25. The van der Waals surface area contributed by atoms with Crippen molar-refractivity contribution in [3.8, 4) is 0 Å². The van der Waals surface area contributed by atoms with Crippen molar-refractivity contribution in [2.24, 2.45) is 5.73 Å². The average molecular weight is 279 g/mol. The summed E-state index contributed by atoms with van der Waals surface area (Å²) in [6.45, 7) is 6.10. The Labute approximate surface area is 117 Å². The fraction of sp³-hybridized carbons (Fsp3) is 0.615. The van der Waals surface area contributed by atoms with Gasteiger partial charge in [0, 0.05) is 37.3 Å². The second-order valence-corrected chi connectivity index (χ2v) is 6.17. The quantitative estimate of drug-likeness (QED) is 0.902. The molecule has 0 amide bonds. The van der Waals surface area contributed by atoms with E-state index in [9.17, 15) is 0 Å². The molecule has 2 aromatic rings. The first-order valence-corrected chi connectivity index (χ1v) is 7.68. The molecule has 5 nitrogen and oxygen atoms in total. The van der Waals surface area contributed by atoms with E-state index >= 15 is 0 Å². The summed E-state index contributed by atoms with van der Waals surface area (Å²) in [5.41, 5.74) is 7.08. The molecule has 1 aliphatic heterocycles. The van der Waals surface area contributed by atoms with Gasteiger partial charge in [-0.1, -0.05) is 0 Å². The van der Waals surface area contributed by atoms with Crippen LogP contribution in [0.15, 0.2) is 11.6 Å². The van der Waals surface area contributed by atoms with Gasteiger partial charge in [-0.25, -0.2) is 4.98 Å². The van der Waals surface area contributed by atoms with Crippen LogP contribution in [0.1, 0.15) is 19.0 Å². The second-order valence-electron chi connectivity index (χ2n) is 5.30. The summed E-state index contributed by atoms with van der Waals surface area (Å²) in [6, 6.07) is 0.474. The summed E-state index contributed by atoms with van der Waals surface area (Å²) < 4.78 is 2.13. The van der Waals surface area contributed by atoms with E-state index in [-0.39, 0.29) is 0 Å². The molecule has 0 spiro atoms.